The van der Waals surface area contributed by atoms with Crippen molar-refractivity contribution >= 4 is 16.7 Å². The van der Waals surface area contributed by atoms with Crippen LogP contribution in [0.4, 0.5) is 0 Å². The van der Waals surface area contributed by atoms with E-state index in [1.807, 2.05) is 11.8 Å². The summed E-state index contributed by atoms with van der Waals surface area (Å²) in [7, 11) is -0.809. The number of rotatable bonds is 8. The molecule has 1 amide bonds. The highest BCUT2D eigenvalue weighted by atomic mass is 32.2. The van der Waals surface area contributed by atoms with Gasteiger partial charge >= 0.3 is 0 Å². The second kappa shape index (κ2) is 8.13. The van der Waals surface area contributed by atoms with Crippen LogP contribution >= 0.6 is 0 Å². The monoisotopic (exact) mass is 302 g/mol. The highest BCUT2D eigenvalue weighted by Gasteiger charge is 2.38. The van der Waals surface area contributed by atoms with Crippen LogP contribution in [0.25, 0.3) is 0 Å². The van der Waals surface area contributed by atoms with Crippen LogP contribution in [0.1, 0.15) is 47.5 Å². The number of hydrogen-bond donors (Lipinski definition) is 1. The van der Waals surface area contributed by atoms with Crippen LogP contribution in [0.2, 0.25) is 0 Å². The molecule has 20 heavy (non-hydrogen) atoms. The first-order valence-electron chi connectivity index (χ1n) is 7.76. The topological polar surface area (TPSA) is 49.4 Å². The van der Waals surface area contributed by atoms with Gasteiger partial charge in [-0.3, -0.25) is 14.3 Å². The Labute approximate surface area is 126 Å². The van der Waals surface area contributed by atoms with Crippen LogP contribution in [0, 0.1) is 11.8 Å². The molecule has 0 aromatic heterocycles. The maximum absolute atomic E-state index is 12.5. The van der Waals surface area contributed by atoms with Gasteiger partial charge in [-0.2, -0.15) is 0 Å². The fourth-order valence-corrected chi connectivity index (χ4v) is 3.33. The van der Waals surface area contributed by atoms with Crippen molar-refractivity contribution in [2.24, 2.45) is 11.8 Å². The van der Waals surface area contributed by atoms with E-state index in [1.54, 1.807) is 0 Å². The Morgan fingerprint density at radius 1 is 1.20 bits per heavy atom. The average Bonchev–Trinajstić information content (AvgIpc) is 2.61. The molecule has 0 bridgehead atoms. The fourth-order valence-electron chi connectivity index (χ4n) is 2.64. The highest BCUT2D eigenvalue weighted by molar-refractivity contribution is 7.84. The van der Waals surface area contributed by atoms with Gasteiger partial charge in [-0.15, -0.1) is 0 Å². The van der Waals surface area contributed by atoms with Crippen LogP contribution in [0.3, 0.4) is 0 Å². The summed E-state index contributed by atoms with van der Waals surface area (Å²) in [5, 5.41) is 3.47. The third-order valence-electron chi connectivity index (χ3n) is 3.63. The first-order valence-corrected chi connectivity index (χ1v) is 9.25. The number of nitrogens with one attached hydrogen (secondary N) is 1. The smallest absolute Gasteiger partial charge is 0.241 e. The van der Waals surface area contributed by atoms with Crippen LogP contribution in [0.5, 0.6) is 0 Å². The largest absolute Gasteiger partial charge is 0.325 e. The normalized spacial score (nSPS) is 24.9. The Morgan fingerprint density at radius 3 is 2.30 bits per heavy atom. The summed E-state index contributed by atoms with van der Waals surface area (Å²) in [4.78, 5) is 14.4. The van der Waals surface area contributed by atoms with Crippen LogP contribution < -0.4 is 5.32 Å². The molecule has 1 heterocycles. The van der Waals surface area contributed by atoms with Gasteiger partial charge in [-0.25, -0.2) is 0 Å². The van der Waals surface area contributed by atoms with Gasteiger partial charge in [0.1, 0.15) is 0 Å². The first-order chi connectivity index (χ1) is 9.35. The third kappa shape index (κ3) is 5.17. The molecule has 3 unspecified atom stereocenters. The molecule has 1 aliphatic rings. The molecule has 1 saturated heterocycles. The van der Waals surface area contributed by atoms with E-state index in [4.69, 9.17) is 0 Å². The maximum atomic E-state index is 12.5. The number of carbonyl (C=O) groups is 1. The van der Waals surface area contributed by atoms with E-state index in [9.17, 15) is 9.00 Å². The lowest BCUT2D eigenvalue weighted by molar-refractivity contribution is -0.130. The molecule has 5 heteroatoms. The number of hydrogen-bond acceptors (Lipinski definition) is 3. The van der Waals surface area contributed by atoms with E-state index in [2.05, 4.69) is 33.0 Å². The Balaban J connectivity index is 2.68. The predicted octanol–water partition coefficient (Wildman–Crippen LogP) is 1.97. The van der Waals surface area contributed by atoms with Gasteiger partial charge in [0.25, 0.3) is 0 Å². The summed E-state index contributed by atoms with van der Waals surface area (Å²) < 4.78 is 11.6. The van der Waals surface area contributed by atoms with Crippen molar-refractivity contribution in [1.29, 1.82) is 0 Å². The summed E-state index contributed by atoms with van der Waals surface area (Å²) in [5.74, 6) is 2.49. The molecule has 0 spiro atoms. The van der Waals surface area contributed by atoms with E-state index in [1.165, 1.54) is 0 Å². The summed E-state index contributed by atoms with van der Waals surface area (Å²) in [6.45, 7) is 11.2. The van der Waals surface area contributed by atoms with E-state index in [-0.39, 0.29) is 18.1 Å². The quantitative estimate of drug-likeness (QED) is 0.746. The molecule has 1 N–H and O–H groups in total. The molecule has 0 saturated carbocycles. The molecule has 0 aromatic carbocycles. The molecule has 1 fully saturated rings. The first kappa shape index (κ1) is 17.6. The molecule has 0 radical (unpaired) electrons. The van der Waals surface area contributed by atoms with Crippen molar-refractivity contribution in [3.63, 3.8) is 0 Å². The van der Waals surface area contributed by atoms with Crippen LogP contribution in [-0.2, 0) is 15.6 Å². The van der Waals surface area contributed by atoms with Gasteiger partial charge in [0.2, 0.25) is 5.91 Å². The number of amides is 1. The van der Waals surface area contributed by atoms with Crippen molar-refractivity contribution in [3.05, 3.63) is 0 Å². The van der Waals surface area contributed by atoms with Crippen molar-refractivity contribution < 1.29 is 9.00 Å². The van der Waals surface area contributed by atoms with Gasteiger partial charge in [-0.05, 0) is 24.7 Å². The van der Waals surface area contributed by atoms with E-state index in [0.717, 1.165) is 12.8 Å². The van der Waals surface area contributed by atoms with E-state index >= 15 is 0 Å². The summed E-state index contributed by atoms with van der Waals surface area (Å²) in [5.41, 5.74) is 0. The van der Waals surface area contributed by atoms with Gasteiger partial charge in [0.05, 0.1) is 12.2 Å². The Bertz CT molecular complexity index is 345. The van der Waals surface area contributed by atoms with Crippen molar-refractivity contribution in [2.75, 3.05) is 18.1 Å². The minimum absolute atomic E-state index is 0.0613. The zero-order valence-electron chi connectivity index (χ0n) is 13.5. The highest BCUT2D eigenvalue weighted by Crippen LogP contribution is 2.21. The lowest BCUT2D eigenvalue weighted by Crippen LogP contribution is -2.40. The van der Waals surface area contributed by atoms with Gasteiger partial charge in [0.15, 0.2) is 0 Å². The molecule has 1 aliphatic heterocycles. The van der Waals surface area contributed by atoms with Gasteiger partial charge < -0.3 is 4.90 Å². The fraction of sp³-hybridized carbons (Fsp3) is 0.933. The molecule has 0 aliphatic carbocycles. The van der Waals surface area contributed by atoms with Gasteiger partial charge in [-0.1, -0.05) is 34.6 Å². The minimum Gasteiger partial charge on any atom is -0.325 e. The van der Waals surface area contributed by atoms with E-state index in [0.29, 0.717) is 29.9 Å². The molecule has 4 nitrogen and oxygen atoms in total. The predicted molar refractivity (Wildman–Crippen MR) is 84.9 cm³/mol. The molecular weight excluding hydrogens is 272 g/mol. The Hall–Kier alpha value is -0.420. The summed E-state index contributed by atoms with van der Waals surface area (Å²) >= 11 is 0. The molecule has 1 rings (SSSR count). The standard InChI is InChI=1S/C15H30N2O2S/c1-6-20(19)8-7-17-14(10-12(4)5)16-13(15(17)18)9-11(2)3/h11-14,16H,6-10H2,1-5H3. The number of carbonyl (C=O) groups excluding carboxylic acids is 1. The maximum Gasteiger partial charge on any atom is 0.241 e. The van der Waals surface area contributed by atoms with E-state index < -0.39 is 10.8 Å². The second-order valence-electron chi connectivity index (χ2n) is 6.46. The molecule has 3 atom stereocenters. The molecule has 0 aromatic rings. The Morgan fingerprint density at radius 2 is 1.80 bits per heavy atom. The average molecular weight is 302 g/mol. The van der Waals surface area contributed by atoms with Gasteiger partial charge in [0, 0.05) is 28.9 Å². The zero-order chi connectivity index (χ0) is 15.3. The van der Waals surface area contributed by atoms with Crippen LogP contribution in [0.15, 0.2) is 0 Å². The number of nitrogens with zero attached hydrogens (tertiary/aromatic N) is 1. The SMILES string of the molecule is CCS(=O)CCN1C(=O)C(CC(C)C)NC1CC(C)C. The van der Waals surface area contributed by atoms with Crippen molar-refractivity contribution in [3.8, 4) is 0 Å². The summed E-state index contributed by atoms with van der Waals surface area (Å²) in [6.07, 6.45) is 1.94. The molecule has 118 valence electrons. The van der Waals surface area contributed by atoms with Crippen molar-refractivity contribution in [1.82, 2.24) is 10.2 Å². The lowest BCUT2D eigenvalue weighted by atomic mass is 10.0. The second-order valence-corrected chi connectivity index (χ2v) is 8.32. The lowest BCUT2D eigenvalue weighted by Gasteiger charge is -2.25. The molecular formula is C15H30N2O2S. The van der Waals surface area contributed by atoms with Crippen molar-refractivity contribution in [2.45, 2.75) is 59.7 Å². The minimum atomic E-state index is -0.809. The zero-order valence-corrected chi connectivity index (χ0v) is 14.3. The Kier molecular flexibility index (Phi) is 7.17. The third-order valence-corrected chi connectivity index (χ3v) is 4.92. The summed E-state index contributed by atoms with van der Waals surface area (Å²) in [6, 6.07) is -0.0613. The van der Waals surface area contributed by atoms with Crippen LogP contribution in [-0.4, -0.2) is 45.3 Å².